The van der Waals surface area contributed by atoms with E-state index in [0.29, 0.717) is 22.2 Å². The Labute approximate surface area is 142 Å². The van der Waals surface area contributed by atoms with Crippen LogP contribution in [-0.2, 0) is 9.59 Å². The van der Waals surface area contributed by atoms with Crippen molar-refractivity contribution in [2.45, 2.75) is 12.3 Å². The Balaban J connectivity index is 1.77. The molecule has 7 nitrogen and oxygen atoms in total. The molecular formula is C18H13N3O4. The van der Waals surface area contributed by atoms with Crippen molar-refractivity contribution in [3.8, 4) is 0 Å². The highest BCUT2D eigenvalue weighted by molar-refractivity contribution is 6.23. The minimum atomic E-state index is -0.650. The molecule has 0 bridgehead atoms. The molecular weight excluding hydrogens is 322 g/mol. The highest BCUT2D eigenvalue weighted by Gasteiger charge is 2.41. The van der Waals surface area contributed by atoms with Crippen molar-refractivity contribution >= 4 is 34.1 Å². The molecule has 1 aliphatic rings. The molecule has 1 unspecified atom stereocenters. The van der Waals surface area contributed by atoms with Crippen LogP contribution in [0, 0.1) is 10.1 Å². The maximum atomic E-state index is 12.8. The fourth-order valence-electron chi connectivity index (χ4n) is 3.26. The van der Waals surface area contributed by atoms with E-state index in [2.05, 4.69) is 4.98 Å². The highest BCUT2D eigenvalue weighted by Crippen LogP contribution is 2.37. The van der Waals surface area contributed by atoms with Gasteiger partial charge in [-0.15, -0.1) is 0 Å². The van der Waals surface area contributed by atoms with Crippen LogP contribution in [0.3, 0.4) is 0 Å². The monoisotopic (exact) mass is 335 g/mol. The van der Waals surface area contributed by atoms with Crippen LogP contribution in [0.25, 0.3) is 10.9 Å². The molecule has 0 radical (unpaired) electrons. The summed E-state index contributed by atoms with van der Waals surface area (Å²) in [4.78, 5) is 40.0. The molecule has 124 valence electrons. The first kappa shape index (κ1) is 15.1. The molecule has 2 heterocycles. The normalized spacial score (nSPS) is 17.4. The first-order valence-corrected chi connectivity index (χ1v) is 7.73. The number of fused-ring (bicyclic) bond motifs is 1. The van der Waals surface area contributed by atoms with Crippen LogP contribution in [0.4, 0.5) is 11.4 Å². The summed E-state index contributed by atoms with van der Waals surface area (Å²) in [6.07, 6.45) is 1.70. The molecule has 1 saturated heterocycles. The molecule has 1 atom stereocenters. The van der Waals surface area contributed by atoms with Gasteiger partial charge in [0.2, 0.25) is 11.8 Å². The Morgan fingerprint density at radius 3 is 2.60 bits per heavy atom. The maximum absolute atomic E-state index is 12.8. The number of imide groups is 1. The molecule has 7 heteroatoms. The number of nitrogens with zero attached hydrogens (tertiary/aromatic N) is 2. The van der Waals surface area contributed by atoms with Crippen LogP contribution in [0.2, 0.25) is 0 Å². The van der Waals surface area contributed by atoms with Crippen molar-refractivity contribution in [3.63, 3.8) is 0 Å². The van der Waals surface area contributed by atoms with Crippen LogP contribution in [0.1, 0.15) is 17.9 Å². The fourth-order valence-corrected chi connectivity index (χ4v) is 3.26. The van der Waals surface area contributed by atoms with Gasteiger partial charge < -0.3 is 4.98 Å². The summed E-state index contributed by atoms with van der Waals surface area (Å²) in [5, 5.41) is 11.6. The van der Waals surface area contributed by atoms with Gasteiger partial charge >= 0.3 is 0 Å². The molecule has 25 heavy (non-hydrogen) atoms. The minimum absolute atomic E-state index is 0.0450. The van der Waals surface area contributed by atoms with Crippen LogP contribution < -0.4 is 4.90 Å². The second-order valence-corrected chi connectivity index (χ2v) is 5.89. The molecule has 4 rings (SSSR count). The third-order valence-electron chi connectivity index (χ3n) is 4.44. The van der Waals surface area contributed by atoms with Crippen LogP contribution in [-0.4, -0.2) is 21.7 Å². The highest BCUT2D eigenvalue weighted by atomic mass is 16.6. The van der Waals surface area contributed by atoms with Gasteiger partial charge in [-0.1, -0.05) is 18.2 Å². The van der Waals surface area contributed by atoms with Crippen molar-refractivity contribution in [1.82, 2.24) is 4.98 Å². The number of amides is 2. The van der Waals surface area contributed by atoms with Crippen molar-refractivity contribution in [2.75, 3.05) is 4.90 Å². The summed E-state index contributed by atoms with van der Waals surface area (Å²) in [6, 6.07) is 13.2. The Morgan fingerprint density at radius 1 is 1.12 bits per heavy atom. The van der Waals surface area contributed by atoms with Crippen LogP contribution in [0.15, 0.2) is 54.7 Å². The number of carbonyl (C=O) groups excluding carboxylic acids is 2. The lowest BCUT2D eigenvalue weighted by molar-refractivity contribution is -0.384. The van der Waals surface area contributed by atoms with Gasteiger partial charge in [0.1, 0.15) is 0 Å². The Bertz CT molecular complexity index is 1010. The SMILES string of the molecule is O=C1CC(c2c[nH]c3ccc([N+](=O)[O-])cc23)C(=O)N1c1ccccc1. The lowest BCUT2D eigenvalue weighted by Gasteiger charge is -2.14. The fraction of sp³-hybridized carbons (Fsp3) is 0.111. The predicted molar refractivity (Wildman–Crippen MR) is 91.2 cm³/mol. The van der Waals surface area contributed by atoms with Crippen molar-refractivity contribution in [1.29, 1.82) is 0 Å². The van der Waals surface area contributed by atoms with E-state index in [1.54, 1.807) is 36.5 Å². The predicted octanol–water partition coefficient (Wildman–Crippen LogP) is 3.12. The molecule has 0 aliphatic carbocycles. The number of non-ortho nitro benzene ring substituents is 1. The number of carbonyl (C=O) groups is 2. The standard InChI is InChI=1S/C18H13N3O4/c22-17-9-14(18(23)20(17)11-4-2-1-3-5-11)15-10-19-16-7-6-12(21(24)25)8-13(15)16/h1-8,10,14,19H,9H2. The molecule has 3 aromatic rings. The number of aromatic amines is 1. The molecule has 1 fully saturated rings. The average Bonchev–Trinajstić information content (AvgIpc) is 3.15. The third kappa shape index (κ3) is 2.37. The minimum Gasteiger partial charge on any atom is -0.361 e. The van der Waals surface area contributed by atoms with Gasteiger partial charge in [0, 0.05) is 35.7 Å². The molecule has 1 aliphatic heterocycles. The van der Waals surface area contributed by atoms with Gasteiger partial charge in [0.15, 0.2) is 0 Å². The summed E-state index contributed by atoms with van der Waals surface area (Å²) >= 11 is 0. The summed E-state index contributed by atoms with van der Waals surface area (Å²) in [5.41, 5.74) is 1.78. The first-order chi connectivity index (χ1) is 12.1. The second-order valence-electron chi connectivity index (χ2n) is 5.89. The van der Waals surface area contributed by atoms with E-state index in [1.807, 2.05) is 6.07 Å². The lowest BCUT2D eigenvalue weighted by Crippen LogP contribution is -2.29. The average molecular weight is 335 g/mol. The number of benzene rings is 2. The number of para-hydroxylation sites is 1. The molecule has 1 N–H and O–H groups in total. The molecule has 2 amide bonds. The number of aromatic nitrogens is 1. The largest absolute Gasteiger partial charge is 0.361 e. The summed E-state index contributed by atoms with van der Waals surface area (Å²) < 4.78 is 0. The van der Waals surface area contributed by atoms with Crippen molar-refractivity contribution in [2.24, 2.45) is 0 Å². The van der Waals surface area contributed by atoms with Crippen LogP contribution in [0.5, 0.6) is 0 Å². The van der Waals surface area contributed by atoms with E-state index in [-0.39, 0.29) is 23.9 Å². The van der Waals surface area contributed by atoms with Gasteiger partial charge in [-0.05, 0) is 23.8 Å². The Kier molecular flexibility index (Phi) is 3.35. The van der Waals surface area contributed by atoms with Crippen LogP contribution >= 0.6 is 0 Å². The number of nitro groups is 1. The number of hydrogen-bond acceptors (Lipinski definition) is 4. The summed E-state index contributed by atoms with van der Waals surface area (Å²) in [6.45, 7) is 0. The van der Waals surface area contributed by atoms with Crippen molar-refractivity contribution < 1.29 is 14.5 Å². The van der Waals surface area contributed by atoms with E-state index in [1.165, 1.54) is 17.0 Å². The number of nitro benzene ring substituents is 1. The topological polar surface area (TPSA) is 96.3 Å². The number of rotatable bonds is 3. The quantitative estimate of drug-likeness (QED) is 0.452. The van der Waals surface area contributed by atoms with E-state index in [9.17, 15) is 19.7 Å². The zero-order chi connectivity index (χ0) is 17.6. The zero-order valence-electron chi connectivity index (χ0n) is 13.0. The summed E-state index contributed by atoms with van der Waals surface area (Å²) in [7, 11) is 0. The van der Waals surface area contributed by atoms with Gasteiger partial charge in [0.25, 0.3) is 5.69 Å². The summed E-state index contributed by atoms with van der Waals surface area (Å²) in [5.74, 6) is -1.24. The number of H-pyrrole nitrogens is 1. The second kappa shape index (κ2) is 5.55. The van der Waals surface area contributed by atoms with Gasteiger partial charge in [-0.25, -0.2) is 0 Å². The van der Waals surface area contributed by atoms with E-state index < -0.39 is 10.8 Å². The third-order valence-corrected chi connectivity index (χ3v) is 4.44. The van der Waals surface area contributed by atoms with E-state index in [4.69, 9.17) is 0 Å². The molecule has 0 spiro atoms. The maximum Gasteiger partial charge on any atom is 0.270 e. The smallest absolute Gasteiger partial charge is 0.270 e. The van der Waals surface area contributed by atoms with E-state index in [0.717, 1.165) is 0 Å². The Hall–Kier alpha value is -3.48. The van der Waals surface area contributed by atoms with Gasteiger partial charge in [-0.3, -0.25) is 24.6 Å². The number of nitrogens with one attached hydrogen (secondary N) is 1. The van der Waals surface area contributed by atoms with Crippen molar-refractivity contribution in [3.05, 3.63) is 70.4 Å². The molecule has 2 aromatic carbocycles. The van der Waals surface area contributed by atoms with Gasteiger partial charge in [0.05, 0.1) is 16.5 Å². The first-order valence-electron chi connectivity index (χ1n) is 7.73. The molecule has 1 aromatic heterocycles. The zero-order valence-corrected chi connectivity index (χ0v) is 13.0. The number of anilines is 1. The molecule has 0 saturated carbocycles. The Morgan fingerprint density at radius 2 is 1.88 bits per heavy atom. The van der Waals surface area contributed by atoms with E-state index >= 15 is 0 Å². The van der Waals surface area contributed by atoms with Gasteiger partial charge in [-0.2, -0.15) is 0 Å². The number of hydrogen-bond donors (Lipinski definition) is 1. The lowest BCUT2D eigenvalue weighted by atomic mass is 9.97.